The highest BCUT2D eigenvalue weighted by molar-refractivity contribution is 7.13. The van der Waals surface area contributed by atoms with Crippen LogP contribution in [-0.2, 0) is 12.7 Å². The first kappa shape index (κ1) is 20.6. The van der Waals surface area contributed by atoms with Gasteiger partial charge in [0.25, 0.3) is 5.91 Å². The van der Waals surface area contributed by atoms with Crippen molar-refractivity contribution in [1.82, 2.24) is 14.8 Å². The molecule has 0 spiro atoms. The molecule has 4 rings (SSSR count). The number of halogens is 3. The monoisotopic (exact) mass is 431 g/mol. The minimum Gasteiger partial charge on any atom is -0.336 e. The Morgan fingerprint density at radius 2 is 1.63 bits per heavy atom. The quantitative estimate of drug-likeness (QED) is 0.596. The Balaban J connectivity index is 1.37. The molecule has 30 heavy (non-hydrogen) atoms. The second-order valence-corrected chi connectivity index (χ2v) is 7.98. The molecule has 1 amide bonds. The minimum atomic E-state index is -4.55. The Kier molecular flexibility index (Phi) is 5.87. The molecule has 0 saturated carbocycles. The van der Waals surface area contributed by atoms with Gasteiger partial charge in [0.1, 0.15) is 5.01 Å². The van der Waals surface area contributed by atoms with E-state index < -0.39 is 17.6 Å². The van der Waals surface area contributed by atoms with E-state index >= 15 is 0 Å². The van der Waals surface area contributed by atoms with Gasteiger partial charge in [-0.25, -0.2) is 4.98 Å². The highest BCUT2D eigenvalue weighted by atomic mass is 32.1. The van der Waals surface area contributed by atoms with Crippen molar-refractivity contribution in [2.45, 2.75) is 12.7 Å². The summed E-state index contributed by atoms with van der Waals surface area (Å²) in [6.45, 7) is 2.63. The molecule has 0 radical (unpaired) electrons. The largest absolute Gasteiger partial charge is 0.417 e. The van der Waals surface area contributed by atoms with Crippen LogP contribution in [0.25, 0.3) is 10.6 Å². The maximum Gasteiger partial charge on any atom is 0.417 e. The average molecular weight is 431 g/mol. The molecule has 156 valence electrons. The SMILES string of the molecule is O=C(c1ccccc1C(F)(F)F)N1CCN(Cc2csc(-c3ccccc3)n2)CC1. The lowest BCUT2D eigenvalue weighted by Gasteiger charge is -2.34. The van der Waals surface area contributed by atoms with Gasteiger partial charge in [0.05, 0.1) is 16.8 Å². The van der Waals surface area contributed by atoms with E-state index in [2.05, 4.69) is 9.88 Å². The predicted octanol–water partition coefficient (Wildman–Crippen LogP) is 4.79. The van der Waals surface area contributed by atoms with Gasteiger partial charge in [-0.1, -0.05) is 42.5 Å². The van der Waals surface area contributed by atoms with Gasteiger partial charge < -0.3 is 4.90 Å². The standard InChI is InChI=1S/C22H20F3N3OS/c23-22(24,25)19-9-5-4-8-18(19)21(29)28-12-10-27(11-13-28)14-17-15-30-20(26-17)16-6-2-1-3-7-16/h1-9,15H,10-14H2. The highest BCUT2D eigenvalue weighted by Crippen LogP contribution is 2.32. The minimum absolute atomic E-state index is 0.287. The fourth-order valence-electron chi connectivity index (χ4n) is 3.52. The van der Waals surface area contributed by atoms with Crippen LogP contribution in [0.2, 0.25) is 0 Å². The molecule has 2 aromatic carbocycles. The average Bonchev–Trinajstić information content (AvgIpc) is 3.22. The van der Waals surface area contributed by atoms with Crippen LogP contribution in [-0.4, -0.2) is 46.9 Å². The zero-order valence-electron chi connectivity index (χ0n) is 16.1. The molecular weight excluding hydrogens is 411 g/mol. The number of alkyl halides is 3. The Morgan fingerprint density at radius 3 is 2.33 bits per heavy atom. The van der Waals surface area contributed by atoms with Crippen LogP contribution in [0.4, 0.5) is 13.2 Å². The highest BCUT2D eigenvalue weighted by Gasteiger charge is 2.36. The first-order valence-corrected chi connectivity index (χ1v) is 10.5. The number of benzene rings is 2. The molecule has 4 nitrogen and oxygen atoms in total. The van der Waals surface area contributed by atoms with Gasteiger partial charge in [0, 0.05) is 43.7 Å². The third kappa shape index (κ3) is 4.55. The molecule has 1 fully saturated rings. The van der Waals surface area contributed by atoms with Crippen molar-refractivity contribution in [3.63, 3.8) is 0 Å². The van der Waals surface area contributed by atoms with E-state index in [0.29, 0.717) is 32.7 Å². The molecule has 0 N–H and O–H groups in total. The molecule has 8 heteroatoms. The second kappa shape index (κ2) is 8.57. The Morgan fingerprint density at radius 1 is 0.967 bits per heavy atom. The fourth-order valence-corrected chi connectivity index (χ4v) is 4.34. The van der Waals surface area contributed by atoms with Crippen LogP contribution in [0.1, 0.15) is 21.6 Å². The summed E-state index contributed by atoms with van der Waals surface area (Å²) in [5.74, 6) is -0.567. The van der Waals surface area contributed by atoms with Crippen LogP contribution >= 0.6 is 11.3 Å². The number of aromatic nitrogens is 1. The van der Waals surface area contributed by atoms with E-state index in [1.54, 1.807) is 11.3 Å². The number of hydrogen-bond donors (Lipinski definition) is 0. The summed E-state index contributed by atoms with van der Waals surface area (Å²) in [4.78, 5) is 21.0. The lowest BCUT2D eigenvalue weighted by Crippen LogP contribution is -2.48. The van der Waals surface area contributed by atoms with E-state index in [1.807, 2.05) is 35.7 Å². The zero-order chi connectivity index (χ0) is 21.1. The van der Waals surface area contributed by atoms with Gasteiger partial charge in [0.2, 0.25) is 0 Å². The van der Waals surface area contributed by atoms with Gasteiger partial charge in [-0.2, -0.15) is 13.2 Å². The molecule has 1 aromatic heterocycles. The third-order valence-corrected chi connectivity index (χ3v) is 6.02. The molecule has 1 saturated heterocycles. The molecular formula is C22H20F3N3OS. The lowest BCUT2D eigenvalue weighted by atomic mass is 10.1. The van der Waals surface area contributed by atoms with Crippen molar-refractivity contribution in [1.29, 1.82) is 0 Å². The van der Waals surface area contributed by atoms with Crippen molar-refractivity contribution in [2.75, 3.05) is 26.2 Å². The maximum atomic E-state index is 13.2. The summed E-state index contributed by atoms with van der Waals surface area (Å²) < 4.78 is 39.7. The fraction of sp³-hybridized carbons (Fsp3) is 0.273. The Hall–Kier alpha value is -2.71. The summed E-state index contributed by atoms with van der Waals surface area (Å²) in [6.07, 6.45) is -4.55. The van der Waals surface area contributed by atoms with Crippen molar-refractivity contribution in [3.8, 4) is 10.6 Å². The van der Waals surface area contributed by atoms with Crippen LogP contribution in [0.15, 0.2) is 60.0 Å². The van der Waals surface area contributed by atoms with Crippen LogP contribution < -0.4 is 0 Å². The summed E-state index contributed by atoms with van der Waals surface area (Å²) in [6, 6.07) is 14.9. The van der Waals surface area contributed by atoms with Crippen molar-refractivity contribution in [3.05, 3.63) is 76.8 Å². The second-order valence-electron chi connectivity index (χ2n) is 7.12. The maximum absolute atomic E-state index is 13.2. The van der Waals surface area contributed by atoms with E-state index in [1.165, 1.54) is 23.1 Å². The number of rotatable bonds is 4. The van der Waals surface area contributed by atoms with Crippen molar-refractivity contribution < 1.29 is 18.0 Å². The summed E-state index contributed by atoms with van der Waals surface area (Å²) in [5.41, 5.74) is 0.868. The topological polar surface area (TPSA) is 36.4 Å². The first-order valence-electron chi connectivity index (χ1n) is 9.59. The number of hydrogen-bond acceptors (Lipinski definition) is 4. The van der Waals surface area contributed by atoms with Crippen LogP contribution in [0.5, 0.6) is 0 Å². The third-order valence-electron chi connectivity index (χ3n) is 5.08. The number of carbonyl (C=O) groups is 1. The van der Waals surface area contributed by atoms with Crippen molar-refractivity contribution >= 4 is 17.2 Å². The number of nitrogens with zero attached hydrogens (tertiary/aromatic N) is 3. The van der Waals surface area contributed by atoms with Crippen molar-refractivity contribution in [2.24, 2.45) is 0 Å². The lowest BCUT2D eigenvalue weighted by molar-refractivity contribution is -0.138. The summed E-state index contributed by atoms with van der Waals surface area (Å²) >= 11 is 1.59. The number of piperazine rings is 1. The van der Waals surface area contributed by atoms with E-state index in [9.17, 15) is 18.0 Å². The van der Waals surface area contributed by atoms with Gasteiger partial charge in [0.15, 0.2) is 0 Å². The summed E-state index contributed by atoms with van der Waals surface area (Å²) in [5, 5.41) is 2.99. The molecule has 2 heterocycles. The molecule has 1 aliphatic heterocycles. The normalized spacial score (nSPS) is 15.4. The molecule has 3 aromatic rings. The molecule has 0 unspecified atom stereocenters. The van der Waals surface area contributed by atoms with E-state index in [4.69, 9.17) is 0 Å². The molecule has 1 aliphatic rings. The number of carbonyl (C=O) groups excluding carboxylic acids is 1. The Labute approximate surface area is 176 Å². The van der Waals surface area contributed by atoms with E-state index in [0.717, 1.165) is 22.3 Å². The van der Waals surface area contributed by atoms with Gasteiger partial charge in [-0.05, 0) is 12.1 Å². The Bertz CT molecular complexity index is 1010. The van der Waals surface area contributed by atoms with Gasteiger partial charge in [-0.15, -0.1) is 11.3 Å². The molecule has 0 bridgehead atoms. The predicted molar refractivity (Wildman–Crippen MR) is 110 cm³/mol. The smallest absolute Gasteiger partial charge is 0.336 e. The van der Waals surface area contributed by atoms with E-state index in [-0.39, 0.29) is 5.56 Å². The van der Waals surface area contributed by atoms with Gasteiger partial charge >= 0.3 is 6.18 Å². The molecule has 0 aliphatic carbocycles. The number of thiazole rings is 1. The summed E-state index contributed by atoms with van der Waals surface area (Å²) in [7, 11) is 0. The van der Waals surface area contributed by atoms with Crippen LogP contribution in [0, 0.1) is 0 Å². The zero-order valence-corrected chi connectivity index (χ0v) is 16.9. The van der Waals surface area contributed by atoms with Gasteiger partial charge in [-0.3, -0.25) is 9.69 Å². The number of amides is 1. The van der Waals surface area contributed by atoms with Crippen LogP contribution in [0.3, 0.4) is 0 Å². The first-order chi connectivity index (χ1) is 14.4. The molecule has 0 atom stereocenters.